The van der Waals surface area contributed by atoms with Crippen LogP contribution in [0.5, 0.6) is 0 Å². The van der Waals surface area contributed by atoms with Gasteiger partial charge in [-0.25, -0.2) is 0 Å². The van der Waals surface area contributed by atoms with E-state index in [4.69, 9.17) is 12.2 Å². The fourth-order valence-corrected chi connectivity index (χ4v) is 2.51. The molecule has 0 aliphatic carbocycles. The first-order chi connectivity index (χ1) is 11.1. The van der Waals surface area contributed by atoms with Crippen LogP contribution in [0.3, 0.4) is 0 Å². The van der Waals surface area contributed by atoms with Crippen LogP contribution in [0.2, 0.25) is 0 Å². The van der Waals surface area contributed by atoms with E-state index in [9.17, 15) is 4.79 Å². The Balaban J connectivity index is 1.90. The first-order valence-corrected chi connectivity index (χ1v) is 7.69. The lowest BCUT2D eigenvalue weighted by molar-refractivity contribution is 0.102. The summed E-state index contributed by atoms with van der Waals surface area (Å²) in [7, 11) is 0. The summed E-state index contributed by atoms with van der Waals surface area (Å²) in [5.74, 6) is 0.530. The number of hydrogen-bond acceptors (Lipinski definition) is 3. The van der Waals surface area contributed by atoms with Gasteiger partial charge >= 0.3 is 0 Å². The molecular formula is C16H17N5OS. The highest BCUT2D eigenvalue weighted by Crippen LogP contribution is 2.17. The molecule has 3 rings (SSSR count). The molecule has 0 saturated heterocycles. The van der Waals surface area contributed by atoms with Gasteiger partial charge in [-0.2, -0.15) is 5.10 Å². The number of carbonyl (C=O) groups excluding carboxylic acids is 1. The molecule has 2 aromatic heterocycles. The molecule has 0 aliphatic heterocycles. The Morgan fingerprint density at radius 1 is 1.30 bits per heavy atom. The molecule has 0 fully saturated rings. The zero-order chi connectivity index (χ0) is 16.4. The van der Waals surface area contributed by atoms with Gasteiger partial charge in [0.05, 0.1) is 0 Å². The Morgan fingerprint density at radius 3 is 2.70 bits per heavy atom. The second-order valence-electron chi connectivity index (χ2n) is 5.47. The van der Waals surface area contributed by atoms with E-state index in [0.717, 1.165) is 11.4 Å². The van der Waals surface area contributed by atoms with Crippen LogP contribution in [0, 0.1) is 4.77 Å². The highest BCUT2D eigenvalue weighted by molar-refractivity contribution is 7.71. The summed E-state index contributed by atoms with van der Waals surface area (Å²) in [6.07, 6.45) is 1.60. The Kier molecular flexibility index (Phi) is 4.12. The van der Waals surface area contributed by atoms with Crippen molar-refractivity contribution in [3.63, 3.8) is 0 Å². The highest BCUT2D eigenvalue weighted by Gasteiger charge is 2.16. The van der Waals surface area contributed by atoms with Crippen LogP contribution in [0.4, 0.5) is 5.82 Å². The Bertz CT molecular complexity index is 875. The zero-order valence-electron chi connectivity index (χ0n) is 12.8. The number of amides is 1. The van der Waals surface area contributed by atoms with Crippen molar-refractivity contribution >= 4 is 23.9 Å². The molecule has 0 spiro atoms. The van der Waals surface area contributed by atoms with Crippen molar-refractivity contribution in [3.05, 3.63) is 58.8 Å². The van der Waals surface area contributed by atoms with E-state index in [-0.39, 0.29) is 5.91 Å². The summed E-state index contributed by atoms with van der Waals surface area (Å²) in [4.78, 5) is 15.5. The molecule has 1 aromatic carbocycles. The molecule has 7 heteroatoms. The summed E-state index contributed by atoms with van der Waals surface area (Å²) in [5, 5.41) is 9.81. The molecular weight excluding hydrogens is 310 g/mol. The Labute approximate surface area is 138 Å². The first kappa shape index (κ1) is 15.2. The summed E-state index contributed by atoms with van der Waals surface area (Å²) in [6, 6.07) is 11.3. The first-order valence-electron chi connectivity index (χ1n) is 7.29. The molecule has 0 bridgehead atoms. The fraction of sp³-hybridized carbons (Fsp3) is 0.188. The molecule has 3 aromatic rings. The van der Waals surface area contributed by atoms with Crippen LogP contribution in [-0.4, -0.2) is 25.7 Å². The van der Waals surface area contributed by atoms with Gasteiger partial charge in [-0.3, -0.25) is 14.5 Å². The van der Waals surface area contributed by atoms with E-state index in [1.165, 1.54) is 0 Å². The molecule has 1 amide bonds. The second kappa shape index (κ2) is 6.21. The minimum atomic E-state index is -0.275. The van der Waals surface area contributed by atoms with E-state index < -0.39 is 0 Å². The van der Waals surface area contributed by atoms with Crippen molar-refractivity contribution in [3.8, 4) is 5.69 Å². The summed E-state index contributed by atoms with van der Waals surface area (Å²) < 4.78 is 2.16. The predicted molar refractivity (Wildman–Crippen MR) is 91.6 cm³/mol. The molecule has 0 unspecified atom stereocenters. The molecule has 0 aliphatic rings. The number of rotatable bonds is 4. The lowest BCUT2D eigenvalue weighted by Crippen LogP contribution is -2.16. The minimum absolute atomic E-state index is 0.275. The number of nitrogens with one attached hydrogen (secondary N) is 3. The number of carbonyl (C=O) groups is 1. The van der Waals surface area contributed by atoms with E-state index in [2.05, 4.69) is 34.3 Å². The SMILES string of the molecule is CC(C)c1cc(NC(=O)c2c[nH]c(=S)n2-c2ccccc2)n[nH]1. The van der Waals surface area contributed by atoms with Crippen LogP contribution >= 0.6 is 12.2 Å². The largest absolute Gasteiger partial charge is 0.336 e. The maximum absolute atomic E-state index is 12.5. The van der Waals surface area contributed by atoms with Crippen LogP contribution in [-0.2, 0) is 0 Å². The number of para-hydroxylation sites is 1. The van der Waals surface area contributed by atoms with Crippen molar-refractivity contribution in [1.29, 1.82) is 0 Å². The fourth-order valence-electron chi connectivity index (χ4n) is 2.25. The van der Waals surface area contributed by atoms with Crippen molar-refractivity contribution < 1.29 is 4.79 Å². The van der Waals surface area contributed by atoms with Gasteiger partial charge in [0, 0.05) is 23.6 Å². The minimum Gasteiger partial charge on any atom is -0.336 e. The van der Waals surface area contributed by atoms with Gasteiger partial charge in [0.1, 0.15) is 5.69 Å². The van der Waals surface area contributed by atoms with Crippen molar-refractivity contribution in [2.45, 2.75) is 19.8 Å². The smallest absolute Gasteiger partial charge is 0.275 e. The number of benzene rings is 1. The van der Waals surface area contributed by atoms with Gasteiger partial charge < -0.3 is 10.3 Å². The Morgan fingerprint density at radius 2 is 2.04 bits per heavy atom. The molecule has 0 atom stereocenters. The van der Waals surface area contributed by atoms with Crippen molar-refractivity contribution in [2.24, 2.45) is 0 Å². The molecule has 23 heavy (non-hydrogen) atoms. The van der Waals surface area contributed by atoms with Crippen molar-refractivity contribution in [2.75, 3.05) is 5.32 Å². The Hall–Kier alpha value is -2.67. The topological polar surface area (TPSA) is 78.5 Å². The van der Waals surface area contributed by atoms with E-state index >= 15 is 0 Å². The second-order valence-corrected chi connectivity index (χ2v) is 5.85. The third-order valence-electron chi connectivity index (χ3n) is 3.48. The maximum Gasteiger partial charge on any atom is 0.275 e. The average Bonchev–Trinajstić information content (AvgIpc) is 3.15. The summed E-state index contributed by atoms with van der Waals surface area (Å²) >= 11 is 5.28. The van der Waals surface area contributed by atoms with Gasteiger partial charge in [0.2, 0.25) is 0 Å². The standard InChI is InChI=1S/C16H17N5OS/c1-10(2)12-8-14(20-19-12)18-15(22)13-9-17-16(23)21(13)11-6-4-3-5-7-11/h3-10H,1-2H3,(H,17,23)(H2,18,19,20,22). The molecule has 0 radical (unpaired) electrons. The molecule has 2 heterocycles. The van der Waals surface area contributed by atoms with Gasteiger partial charge in [-0.05, 0) is 30.3 Å². The van der Waals surface area contributed by atoms with E-state index in [0.29, 0.717) is 22.2 Å². The van der Waals surface area contributed by atoms with Crippen molar-refractivity contribution in [1.82, 2.24) is 19.7 Å². The van der Waals surface area contributed by atoms with Gasteiger partial charge in [-0.1, -0.05) is 32.0 Å². The maximum atomic E-state index is 12.5. The third-order valence-corrected chi connectivity index (χ3v) is 3.79. The van der Waals surface area contributed by atoms with Gasteiger partial charge in [-0.15, -0.1) is 0 Å². The van der Waals surface area contributed by atoms with Gasteiger partial charge in [0.15, 0.2) is 10.6 Å². The zero-order valence-corrected chi connectivity index (χ0v) is 13.6. The number of nitrogens with zero attached hydrogens (tertiary/aromatic N) is 2. The number of aromatic amines is 2. The molecule has 6 nitrogen and oxygen atoms in total. The van der Waals surface area contributed by atoms with Crippen LogP contribution in [0.1, 0.15) is 35.9 Å². The predicted octanol–water partition coefficient (Wildman–Crippen LogP) is 3.63. The van der Waals surface area contributed by atoms with Gasteiger partial charge in [0.25, 0.3) is 5.91 Å². The normalized spacial score (nSPS) is 10.9. The lowest BCUT2D eigenvalue weighted by Gasteiger charge is -2.07. The van der Waals surface area contributed by atoms with E-state index in [1.54, 1.807) is 10.8 Å². The van der Waals surface area contributed by atoms with E-state index in [1.807, 2.05) is 36.4 Å². The quantitative estimate of drug-likeness (QED) is 0.640. The monoisotopic (exact) mass is 327 g/mol. The highest BCUT2D eigenvalue weighted by atomic mass is 32.1. The lowest BCUT2D eigenvalue weighted by atomic mass is 10.1. The summed E-state index contributed by atoms with van der Waals surface area (Å²) in [6.45, 7) is 4.11. The number of hydrogen-bond donors (Lipinski definition) is 3. The third kappa shape index (κ3) is 3.09. The number of H-pyrrole nitrogens is 2. The number of aromatic nitrogens is 4. The molecule has 0 saturated carbocycles. The van der Waals surface area contributed by atoms with Crippen LogP contribution < -0.4 is 5.32 Å². The molecule has 118 valence electrons. The van der Waals surface area contributed by atoms with Crippen LogP contribution in [0.15, 0.2) is 42.6 Å². The number of imidazole rings is 1. The summed E-state index contributed by atoms with van der Waals surface area (Å²) in [5.41, 5.74) is 2.22. The molecule has 3 N–H and O–H groups in total. The van der Waals surface area contributed by atoms with Crippen LogP contribution in [0.25, 0.3) is 5.69 Å². The number of anilines is 1. The average molecular weight is 327 g/mol.